The van der Waals surface area contributed by atoms with E-state index >= 15 is 0 Å². The van der Waals surface area contributed by atoms with Crippen molar-refractivity contribution in [3.63, 3.8) is 0 Å². The molecule has 0 unspecified atom stereocenters. The highest BCUT2D eigenvalue weighted by atomic mass is 16.5. The van der Waals surface area contributed by atoms with Crippen molar-refractivity contribution >= 4 is 5.96 Å². The molecule has 0 bridgehead atoms. The Bertz CT molecular complexity index is 938. The van der Waals surface area contributed by atoms with Gasteiger partial charge in [0.25, 0.3) is 0 Å². The Labute approximate surface area is 190 Å². The number of rotatable bonds is 12. The van der Waals surface area contributed by atoms with E-state index in [4.69, 9.17) is 14.5 Å². The summed E-state index contributed by atoms with van der Waals surface area (Å²) >= 11 is 0. The Morgan fingerprint density at radius 2 is 1.84 bits per heavy atom. The minimum atomic E-state index is 0.573. The standard InChI is InChI=1S/C25H33N5O2/c1-3-32-17-7-14-27-25(28-18-21-10-12-23(31-2)13-11-21)29-19-24-26-15-16-30(24)20-22-8-5-4-6-9-22/h4-6,8-13,15-16H,3,7,14,17-20H2,1-2H3,(H2,27,28,29). The highest BCUT2D eigenvalue weighted by Crippen LogP contribution is 2.12. The van der Waals surface area contributed by atoms with Crippen molar-refractivity contribution < 1.29 is 9.47 Å². The van der Waals surface area contributed by atoms with Crippen molar-refractivity contribution in [1.82, 2.24) is 20.2 Å². The van der Waals surface area contributed by atoms with Crippen LogP contribution in [-0.4, -0.2) is 42.4 Å². The van der Waals surface area contributed by atoms with Gasteiger partial charge in [0.15, 0.2) is 5.96 Å². The molecule has 2 N–H and O–H groups in total. The van der Waals surface area contributed by atoms with Gasteiger partial charge < -0.3 is 24.7 Å². The molecule has 0 amide bonds. The molecule has 1 aromatic heterocycles. The Morgan fingerprint density at radius 1 is 1.03 bits per heavy atom. The van der Waals surface area contributed by atoms with E-state index in [0.29, 0.717) is 13.1 Å². The highest BCUT2D eigenvalue weighted by Gasteiger charge is 2.06. The molecule has 0 saturated carbocycles. The first-order chi connectivity index (χ1) is 15.8. The van der Waals surface area contributed by atoms with Crippen LogP contribution >= 0.6 is 0 Å². The molecule has 7 nitrogen and oxygen atoms in total. The third-order valence-corrected chi connectivity index (χ3v) is 4.95. The van der Waals surface area contributed by atoms with E-state index in [1.807, 2.05) is 49.6 Å². The molecule has 170 valence electrons. The van der Waals surface area contributed by atoms with Crippen LogP contribution in [0.3, 0.4) is 0 Å². The van der Waals surface area contributed by atoms with Crippen LogP contribution in [0.1, 0.15) is 30.3 Å². The highest BCUT2D eigenvalue weighted by molar-refractivity contribution is 5.79. The first kappa shape index (κ1) is 23.3. The van der Waals surface area contributed by atoms with Gasteiger partial charge in [-0.1, -0.05) is 42.5 Å². The molecule has 0 radical (unpaired) electrons. The summed E-state index contributed by atoms with van der Waals surface area (Å²) in [6.07, 6.45) is 4.76. The summed E-state index contributed by atoms with van der Waals surface area (Å²) < 4.78 is 12.8. The Morgan fingerprint density at radius 3 is 2.59 bits per heavy atom. The molecular formula is C25H33N5O2. The fraction of sp³-hybridized carbons (Fsp3) is 0.360. The van der Waals surface area contributed by atoms with Crippen LogP contribution in [0, 0.1) is 0 Å². The number of methoxy groups -OCH3 is 1. The minimum Gasteiger partial charge on any atom is -0.497 e. The summed E-state index contributed by atoms with van der Waals surface area (Å²) in [5.74, 6) is 2.56. The predicted molar refractivity (Wildman–Crippen MR) is 128 cm³/mol. The summed E-state index contributed by atoms with van der Waals surface area (Å²) in [7, 11) is 1.67. The van der Waals surface area contributed by atoms with Gasteiger partial charge in [0, 0.05) is 38.7 Å². The van der Waals surface area contributed by atoms with Crippen LogP contribution in [0.25, 0.3) is 0 Å². The summed E-state index contributed by atoms with van der Waals surface area (Å²) in [6.45, 7) is 6.21. The fourth-order valence-electron chi connectivity index (χ4n) is 3.20. The van der Waals surface area contributed by atoms with Crippen LogP contribution in [0.15, 0.2) is 72.0 Å². The van der Waals surface area contributed by atoms with E-state index in [2.05, 4.69) is 44.5 Å². The zero-order valence-electron chi connectivity index (χ0n) is 19.0. The number of aliphatic imine (C=N–C) groups is 1. The van der Waals surface area contributed by atoms with Crippen LogP contribution < -0.4 is 15.4 Å². The summed E-state index contributed by atoms with van der Waals surface area (Å²) in [6, 6.07) is 18.4. The maximum atomic E-state index is 5.43. The largest absolute Gasteiger partial charge is 0.497 e. The van der Waals surface area contributed by atoms with Crippen molar-refractivity contribution in [3.05, 3.63) is 83.9 Å². The van der Waals surface area contributed by atoms with E-state index in [0.717, 1.165) is 55.8 Å². The SMILES string of the molecule is CCOCCCNC(=NCc1ccc(OC)cc1)NCc1nccn1Cc1ccccc1. The van der Waals surface area contributed by atoms with E-state index in [-0.39, 0.29) is 0 Å². The van der Waals surface area contributed by atoms with Gasteiger partial charge in [-0.05, 0) is 36.6 Å². The van der Waals surface area contributed by atoms with E-state index < -0.39 is 0 Å². The van der Waals surface area contributed by atoms with Crippen molar-refractivity contribution in [2.75, 3.05) is 26.9 Å². The Hall–Kier alpha value is -3.32. The number of hydrogen-bond donors (Lipinski definition) is 2. The van der Waals surface area contributed by atoms with Gasteiger partial charge in [0.05, 0.1) is 20.2 Å². The third kappa shape index (κ3) is 7.74. The van der Waals surface area contributed by atoms with E-state index in [9.17, 15) is 0 Å². The topological polar surface area (TPSA) is 72.7 Å². The first-order valence-electron chi connectivity index (χ1n) is 11.0. The van der Waals surface area contributed by atoms with Gasteiger partial charge in [0.2, 0.25) is 0 Å². The van der Waals surface area contributed by atoms with Crippen molar-refractivity contribution in [1.29, 1.82) is 0 Å². The first-order valence-corrected chi connectivity index (χ1v) is 11.0. The van der Waals surface area contributed by atoms with Crippen molar-refractivity contribution in [2.45, 2.75) is 33.0 Å². The van der Waals surface area contributed by atoms with Crippen LogP contribution in [0.4, 0.5) is 0 Å². The summed E-state index contributed by atoms with van der Waals surface area (Å²) in [5.41, 5.74) is 2.36. The molecule has 0 aliphatic carbocycles. The normalized spacial score (nSPS) is 11.4. The molecule has 3 aromatic rings. The zero-order valence-corrected chi connectivity index (χ0v) is 19.0. The second kappa shape index (κ2) is 13.2. The molecule has 2 aromatic carbocycles. The number of aromatic nitrogens is 2. The number of hydrogen-bond acceptors (Lipinski definition) is 4. The quantitative estimate of drug-likeness (QED) is 0.258. The molecule has 0 fully saturated rings. The number of imidazole rings is 1. The molecule has 0 aliphatic heterocycles. The zero-order chi connectivity index (χ0) is 22.4. The summed E-state index contributed by atoms with van der Waals surface area (Å²) in [4.78, 5) is 9.28. The van der Waals surface area contributed by atoms with E-state index in [1.165, 1.54) is 5.56 Å². The van der Waals surface area contributed by atoms with Gasteiger partial charge in [-0.25, -0.2) is 9.98 Å². The Balaban J connectivity index is 1.60. The molecule has 3 rings (SSSR count). The molecule has 1 heterocycles. The van der Waals surface area contributed by atoms with Gasteiger partial charge in [-0.2, -0.15) is 0 Å². The monoisotopic (exact) mass is 435 g/mol. The molecule has 0 spiro atoms. The van der Waals surface area contributed by atoms with Gasteiger partial charge >= 0.3 is 0 Å². The number of benzene rings is 2. The fourth-order valence-corrected chi connectivity index (χ4v) is 3.20. The smallest absolute Gasteiger partial charge is 0.191 e. The molecule has 7 heteroatoms. The van der Waals surface area contributed by atoms with E-state index in [1.54, 1.807) is 7.11 Å². The molecule has 0 saturated heterocycles. The lowest BCUT2D eigenvalue weighted by Crippen LogP contribution is -2.38. The number of ether oxygens (including phenoxy) is 2. The van der Waals surface area contributed by atoms with Gasteiger partial charge in [0.1, 0.15) is 11.6 Å². The lowest BCUT2D eigenvalue weighted by atomic mass is 10.2. The maximum Gasteiger partial charge on any atom is 0.191 e. The van der Waals surface area contributed by atoms with Crippen LogP contribution in [-0.2, 0) is 24.4 Å². The predicted octanol–water partition coefficient (Wildman–Crippen LogP) is 3.60. The van der Waals surface area contributed by atoms with Crippen molar-refractivity contribution in [2.24, 2.45) is 4.99 Å². The van der Waals surface area contributed by atoms with Gasteiger partial charge in [-0.15, -0.1) is 0 Å². The average Bonchev–Trinajstić information content (AvgIpc) is 3.28. The minimum absolute atomic E-state index is 0.573. The average molecular weight is 436 g/mol. The molecule has 0 aliphatic rings. The lowest BCUT2D eigenvalue weighted by Gasteiger charge is -2.14. The molecular weight excluding hydrogens is 402 g/mol. The lowest BCUT2D eigenvalue weighted by molar-refractivity contribution is 0.145. The number of guanidine groups is 1. The molecule has 0 atom stereocenters. The number of nitrogens with zero attached hydrogens (tertiary/aromatic N) is 3. The van der Waals surface area contributed by atoms with Gasteiger partial charge in [-0.3, -0.25) is 0 Å². The number of nitrogens with one attached hydrogen (secondary N) is 2. The van der Waals surface area contributed by atoms with Crippen molar-refractivity contribution in [3.8, 4) is 5.75 Å². The third-order valence-electron chi connectivity index (χ3n) is 4.95. The second-order valence-electron chi connectivity index (χ2n) is 7.30. The van der Waals surface area contributed by atoms with Crippen LogP contribution in [0.5, 0.6) is 5.75 Å². The molecule has 32 heavy (non-hydrogen) atoms. The van der Waals surface area contributed by atoms with Crippen LogP contribution in [0.2, 0.25) is 0 Å². The second-order valence-corrected chi connectivity index (χ2v) is 7.30. The maximum absolute atomic E-state index is 5.43. The Kier molecular flexibility index (Phi) is 9.61. The summed E-state index contributed by atoms with van der Waals surface area (Å²) in [5, 5.41) is 6.82.